The van der Waals surface area contributed by atoms with Crippen molar-refractivity contribution >= 4 is 52.5 Å². The van der Waals surface area contributed by atoms with Crippen molar-refractivity contribution in [3.8, 4) is 0 Å². The Balaban J connectivity index is 0. The Bertz CT molecular complexity index is 648. The fourth-order valence-electron chi connectivity index (χ4n) is 1.64. The van der Waals surface area contributed by atoms with Gasteiger partial charge in [-0.2, -0.15) is 4.72 Å². The van der Waals surface area contributed by atoms with Gasteiger partial charge in [-0.1, -0.05) is 0 Å². The Morgan fingerprint density at radius 2 is 1.75 bits per heavy atom. The highest BCUT2D eigenvalue weighted by atomic mass is 35.5. The lowest BCUT2D eigenvalue weighted by molar-refractivity contribution is -0.139. The number of aliphatic imine (C=N–C) groups is 1. The zero-order chi connectivity index (χ0) is 16.8. The van der Waals surface area contributed by atoms with Gasteiger partial charge in [0, 0.05) is 12.2 Å². The second-order valence-corrected chi connectivity index (χ2v) is 6.24. The standard InChI is InChI=1S/C12H19N5O4S.2ClH/c13-8-3-5-9(6-4-8)22(20,21)17-10(11(18)19)2-1-7-16-12(14)15;;/h3-6,10,17H,1-2,7,13H2,(H,18,19)(H4,14,15,16);2*1H. The summed E-state index contributed by atoms with van der Waals surface area (Å²) in [5.74, 6) is -1.38. The third kappa shape index (κ3) is 8.20. The Hall–Kier alpha value is -1.75. The number of hydrogen-bond donors (Lipinski definition) is 5. The summed E-state index contributed by atoms with van der Waals surface area (Å²) in [5, 5.41) is 9.10. The van der Waals surface area contributed by atoms with Crippen LogP contribution in [0.4, 0.5) is 5.69 Å². The van der Waals surface area contributed by atoms with Crippen molar-refractivity contribution in [1.29, 1.82) is 0 Å². The maximum atomic E-state index is 12.1. The van der Waals surface area contributed by atoms with Crippen molar-refractivity contribution in [2.45, 2.75) is 23.8 Å². The number of carboxylic acids is 1. The van der Waals surface area contributed by atoms with Crippen LogP contribution in [0.15, 0.2) is 34.2 Å². The van der Waals surface area contributed by atoms with E-state index in [0.717, 1.165) is 0 Å². The fraction of sp³-hybridized carbons (Fsp3) is 0.333. The molecule has 0 amide bonds. The molecule has 0 aliphatic heterocycles. The average Bonchev–Trinajstić information content (AvgIpc) is 2.42. The number of carboxylic acid groups (broad SMARTS) is 1. The van der Waals surface area contributed by atoms with Gasteiger partial charge in [0.25, 0.3) is 0 Å². The Morgan fingerprint density at radius 1 is 1.21 bits per heavy atom. The summed E-state index contributed by atoms with van der Waals surface area (Å²) in [7, 11) is -3.95. The Morgan fingerprint density at radius 3 is 2.21 bits per heavy atom. The summed E-state index contributed by atoms with van der Waals surface area (Å²) in [4.78, 5) is 14.8. The molecular weight excluding hydrogens is 381 g/mol. The van der Waals surface area contributed by atoms with Crippen molar-refractivity contribution < 1.29 is 18.3 Å². The van der Waals surface area contributed by atoms with Gasteiger partial charge in [-0.05, 0) is 37.1 Å². The minimum absolute atomic E-state index is 0. The van der Waals surface area contributed by atoms with E-state index in [1.165, 1.54) is 24.3 Å². The maximum absolute atomic E-state index is 12.1. The van der Waals surface area contributed by atoms with Crippen LogP contribution in [0, 0.1) is 0 Å². The van der Waals surface area contributed by atoms with Gasteiger partial charge in [0.2, 0.25) is 10.0 Å². The summed E-state index contributed by atoms with van der Waals surface area (Å²) < 4.78 is 26.4. The van der Waals surface area contributed by atoms with Gasteiger partial charge >= 0.3 is 5.97 Å². The van der Waals surface area contributed by atoms with Gasteiger partial charge in [-0.3, -0.25) is 9.79 Å². The topological polar surface area (TPSA) is 174 Å². The quantitative estimate of drug-likeness (QED) is 0.175. The summed E-state index contributed by atoms with van der Waals surface area (Å²) in [6.45, 7) is 0.218. The molecule has 1 aromatic rings. The molecule has 0 aromatic heterocycles. The molecule has 0 saturated carbocycles. The first-order chi connectivity index (χ1) is 10.2. The van der Waals surface area contributed by atoms with Gasteiger partial charge in [0.1, 0.15) is 6.04 Å². The van der Waals surface area contributed by atoms with Crippen LogP contribution in [0.2, 0.25) is 0 Å². The van der Waals surface area contributed by atoms with Crippen LogP contribution >= 0.6 is 24.8 Å². The average molecular weight is 402 g/mol. The first-order valence-electron chi connectivity index (χ1n) is 6.38. The highest BCUT2D eigenvalue weighted by molar-refractivity contribution is 7.89. The molecule has 0 radical (unpaired) electrons. The maximum Gasteiger partial charge on any atom is 0.321 e. The highest BCUT2D eigenvalue weighted by Gasteiger charge is 2.24. The zero-order valence-corrected chi connectivity index (χ0v) is 15.0. The van der Waals surface area contributed by atoms with E-state index in [9.17, 15) is 13.2 Å². The number of sulfonamides is 1. The number of carbonyl (C=O) groups is 1. The number of nitrogens with one attached hydrogen (secondary N) is 1. The van der Waals surface area contributed by atoms with Crippen LogP contribution in [0.5, 0.6) is 0 Å². The van der Waals surface area contributed by atoms with Crippen LogP contribution in [-0.4, -0.2) is 38.0 Å². The second-order valence-electron chi connectivity index (χ2n) is 4.53. The molecule has 1 atom stereocenters. The van der Waals surface area contributed by atoms with E-state index in [1.807, 2.05) is 0 Å². The summed E-state index contributed by atoms with van der Waals surface area (Å²) >= 11 is 0. The third-order valence-electron chi connectivity index (χ3n) is 2.73. The molecule has 1 unspecified atom stereocenters. The number of hydrogen-bond acceptors (Lipinski definition) is 5. The van der Waals surface area contributed by atoms with Crippen LogP contribution in [0.3, 0.4) is 0 Å². The zero-order valence-electron chi connectivity index (χ0n) is 12.6. The molecule has 1 rings (SSSR count). The molecule has 0 fully saturated rings. The smallest absolute Gasteiger partial charge is 0.321 e. The number of nitrogens with zero attached hydrogens (tertiary/aromatic N) is 1. The monoisotopic (exact) mass is 401 g/mol. The molecule has 0 spiro atoms. The molecular formula is C12H21Cl2N5O4S. The molecule has 0 bridgehead atoms. The summed E-state index contributed by atoms with van der Waals surface area (Å²) in [5.41, 5.74) is 16.2. The Kier molecular flexibility index (Phi) is 11.1. The van der Waals surface area contributed by atoms with E-state index >= 15 is 0 Å². The van der Waals surface area contributed by atoms with E-state index in [2.05, 4.69) is 9.71 Å². The fourth-order valence-corrected chi connectivity index (χ4v) is 2.86. The molecule has 12 heteroatoms. The molecule has 0 heterocycles. The van der Waals surface area contributed by atoms with Gasteiger partial charge in [-0.15, -0.1) is 24.8 Å². The SMILES string of the molecule is Cl.Cl.NC(N)=NCCCC(NS(=O)(=O)c1ccc(N)cc1)C(=O)O. The highest BCUT2D eigenvalue weighted by Crippen LogP contribution is 2.13. The predicted molar refractivity (Wildman–Crippen MR) is 97.0 cm³/mol. The van der Waals surface area contributed by atoms with Crippen molar-refractivity contribution in [2.24, 2.45) is 16.5 Å². The molecule has 0 saturated heterocycles. The first kappa shape index (κ1) is 24.5. The lowest BCUT2D eigenvalue weighted by Gasteiger charge is -2.14. The van der Waals surface area contributed by atoms with Crippen LogP contribution in [0.25, 0.3) is 0 Å². The minimum atomic E-state index is -3.95. The molecule has 1 aromatic carbocycles. The molecule has 0 aliphatic rings. The number of guanidine groups is 1. The molecule has 9 nitrogen and oxygen atoms in total. The number of nitrogens with two attached hydrogens (primary N) is 3. The second kappa shape index (κ2) is 10.9. The largest absolute Gasteiger partial charge is 0.480 e. The van der Waals surface area contributed by atoms with Crippen LogP contribution in [-0.2, 0) is 14.8 Å². The molecule has 8 N–H and O–H groups in total. The molecule has 0 aliphatic carbocycles. The number of aliphatic carboxylic acids is 1. The number of anilines is 1. The number of nitrogen functional groups attached to an aromatic ring is 1. The number of benzene rings is 1. The van der Waals surface area contributed by atoms with Crippen molar-refractivity contribution in [1.82, 2.24) is 4.72 Å². The summed E-state index contributed by atoms with van der Waals surface area (Å²) in [6.07, 6.45) is 0.374. The number of halogens is 2. The van der Waals surface area contributed by atoms with E-state index in [4.69, 9.17) is 22.3 Å². The third-order valence-corrected chi connectivity index (χ3v) is 4.22. The van der Waals surface area contributed by atoms with E-state index in [0.29, 0.717) is 12.1 Å². The predicted octanol–water partition coefficient (Wildman–Crippen LogP) is -0.103. The normalized spacial score (nSPS) is 11.5. The van der Waals surface area contributed by atoms with Crippen molar-refractivity contribution in [3.05, 3.63) is 24.3 Å². The number of rotatable bonds is 8. The van der Waals surface area contributed by atoms with Gasteiger partial charge < -0.3 is 22.3 Å². The van der Waals surface area contributed by atoms with Crippen molar-refractivity contribution in [2.75, 3.05) is 12.3 Å². The van der Waals surface area contributed by atoms with Crippen LogP contribution in [0.1, 0.15) is 12.8 Å². The lowest BCUT2D eigenvalue weighted by Crippen LogP contribution is -2.40. The lowest BCUT2D eigenvalue weighted by atomic mass is 10.2. The van der Waals surface area contributed by atoms with Crippen molar-refractivity contribution in [3.63, 3.8) is 0 Å². The van der Waals surface area contributed by atoms with E-state index < -0.39 is 22.0 Å². The van der Waals surface area contributed by atoms with Gasteiger partial charge in [-0.25, -0.2) is 8.42 Å². The van der Waals surface area contributed by atoms with Gasteiger partial charge in [0.05, 0.1) is 4.90 Å². The molecule has 24 heavy (non-hydrogen) atoms. The van der Waals surface area contributed by atoms with E-state index in [-0.39, 0.29) is 48.6 Å². The first-order valence-corrected chi connectivity index (χ1v) is 7.87. The van der Waals surface area contributed by atoms with Crippen LogP contribution < -0.4 is 21.9 Å². The summed E-state index contributed by atoms with van der Waals surface area (Å²) in [6, 6.07) is 4.18. The minimum Gasteiger partial charge on any atom is -0.480 e. The molecule has 138 valence electrons. The van der Waals surface area contributed by atoms with E-state index in [1.54, 1.807) is 0 Å². The van der Waals surface area contributed by atoms with Gasteiger partial charge in [0.15, 0.2) is 5.96 Å². The Labute approximate surface area is 152 Å².